The highest BCUT2D eigenvalue weighted by Crippen LogP contribution is 2.22. The minimum absolute atomic E-state index is 0.108. The largest absolute Gasteiger partial charge is 0.441 e. The first-order chi connectivity index (χ1) is 14.0. The van der Waals surface area contributed by atoms with Crippen LogP contribution >= 0.6 is 0 Å². The molecule has 3 rings (SSSR count). The molecule has 1 saturated heterocycles. The highest BCUT2D eigenvalue weighted by Gasteiger charge is 2.32. The van der Waals surface area contributed by atoms with Crippen LogP contribution in [0.25, 0.3) is 0 Å². The average molecular weight is 399 g/mol. The molecule has 29 heavy (non-hydrogen) atoms. The predicted molar refractivity (Wildman–Crippen MR) is 104 cm³/mol. The summed E-state index contributed by atoms with van der Waals surface area (Å²) in [7, 11) is 0. The summed E-state index contributed by atoms with van der Waals surface area (Å²) in [5.41, 5.74) is 6.02. The van der Waals surface area contributed by atoms with Crippen LogP contribution < -0.4 is 15.9 Å². The maximum absolute atomic E-state index is 12.1. The number of carbonyl (C=O) groups is 1. The van der Waals surface area contributed by atoms with Gasteiger partial charge in [0, 0.05) is 16.8 Å². The Morgan fingerprint density at radius 1 is 1.10 bits per heavy atom. The molecule has 6 N–H and O–H groups in total. The molecular formula is C19H21N5O5. The molecule has 152 valence electrons. The van der Waals surface area contributed by atoms with Crippen molar-refractivity contribution in [2.75, 3.05) is 18.1 Å². The molecule has 10 heteroatoms. The molecule has 0 aliphatic carbocycles. The molecule has 1 aliphatic rings. The lowest BCUT2D eigenvalue weighted by Crippen LogP contribution is -2.26. The van der Waals surface area contributed by atoms with Crippen LogP contribution in [0.3, 0.4) is 0 Å². The summed E-state index contributed by atoms with van der Waals surface area (Å²) >= 11 is 0. The van der Waals surface area contributed by atoms with Gasteiger partial charge in [-0.2, -0.15) is 0 Å². The summed E-state index contributed by atoms with van der Waals surface area (Å²) in [6, 6.07) is 13.6. The van der Waals surface area contributed by atoms with Crippen molar-refractivity contribution in [1.82, 2.24) is 11.0 Å². The van der Waals surface area contributed by atoms with E-state index < -0.39 is 12.2 Å². The van der Waals surface area contributed by atoms with E-state index in [1.807, 2.05) is 6.07 Å². The van der Waals surface area contributed by atoms with Crippen LogP contribution in [0, 0.1) is 10.8 Å². The average Bonchev–Trinajstić information content (AvgIpc) is 3.13. The molecule has 1 aliphatic heterocycles. The Labute approximate surface area is 166 Å². The second-order valence-electron chi connectivity index (χ2n) is 6.35. The summed E-state index contributed by atoms with van der Waals surface area (Å²) in [6.45, 7) is 0.803. The Morgan fingerprint density at radius 2 is 1.79 bits per heavy atom. The Balaban J connectivity index is 1.53. The van der Waals surface area contributed by atoms with Gasteiger partial charge in [0.1, 0.15) is 17.8 Å². The monoisotopic (exact) mass is 399 g/mol. The zero-order valence-corrected chi connectivity index (χ0v) is 15.4. The molecule has 1 atom stereocenters. The van der Waals surface area contributed by atoms with Crippen LogP contribution in [0.4, 0.5) is 10.5 Å². The third kappa shape index (κ3) is 4.88. The maximum Gasteiger partial charge on any atom is 0.414 e. The van der Waals surface area contributed by atoms with Gasteiger partial charge in [-0.3, -0.25) is 37.1 Å². The van der Waals surface area contributed by atoms with Gasteiger partial charge >= 0.3 is 6.09 Å². The number of nitrogens with one attached hydrogen (secondary N) is 4. The first kappa shape index (κ1) is 20.3. The Hall–Kier alpha value is -3.47. The fourth-order valence-electron chi connectivity index (χ4n) is 2.88. The van der Waals surface area contributed by atoms with Crippen molar-refractivity contribution in [3.63, 3.8) is 0 Å². The molecular weight excluding hydrogens is 378 g/mol. The van der Waals surface area contributed by atoms with E-state index in [1.165, 1.54) is 4.90 Å². The second-order valence-corrected chi connectivity index (χ2v) is 6.35. The van der Waals surface area contributed by atoms with E-state index in [9.17, 15) is 4.79 Å². The van der Waals surface area contributed by atoms with E-state index in [2.05, 4.69) is 0 Å². The standard InChI is InChI=1S/C19H21N5O5/c20-17(22-26)13-4-6-15(7-5-13)24-9-16(29-19(24)25)11-28-10-12-2-1-3-14(8-12)18(21)23-27/h1-8,16,26-27H,9-11H2,(H2,20,22)(H2,21,23). The molecule has 2 aromatic rings. The number of cyclic esters (lactones) is 1. The van der Waals surface area contributed by atoms with Gasteiger partial charge < -0.3 is 9.47 Å². The van der Waals surface area contributed by atoms with Crippen LogP contribution in [0.15, 0.2) is 48.5 Å². The zero-order valence-electron chi connectivity index (χ0n) is 15.4. The highest BCUT2D eigenvalue weighted by molar-refractivity contribution is 5.97. The van der Waals surface area contributed by atoms with Crippen molar-refractivity contribution in [2.45, 2.75) is 12.7 Å². The van der Waals surface area contributed by atoms with Crippen LogP contribution in [-0.2, 0) is 16.1 Å². The number of hydroxylamine groups is 2. The molecule has 1 heterocycles. The molecule has 1 fully saturated rings. The van der Waals surface area contributed by atoms with E-state index in [0.29, 0.717) is 23.4 Å². The number of hydrogen-bond acceptors (Lipinski definition) is 7. The Morgan fingerprint density at radius 3 is 2.48 bits per heavy atom. The van der Waals surface area contributed by atoms with E-state index in [4.69, 9.17) is 30.7 Å². The van der Waals surface area contributed by atoms with E-state index in [-0.39, 0.29) is 24.9 Å². The highest BCUT2D eigenvalue weighted by atomic mass is 16.6. The normalized spacial score (nSPS) is 15.7. The van der Waals surface area contributed by atoms with Crippen LogP contribution in [0.2, 0.25) is 0 Å². The maximum atomic E-state index is 12.1. The fourth-order valence-corrected chi connectivity index (χ4v) is 2.88. The van der Waals surface area contributed by atoms with Crippen LogP contribution in [0.1, 0.15) is 16.7 Å². The van der Waals surface area contributed by atoms with Crippen molar-refractivity contribution in [2.24, 2.45) is 0 Å². The van der Waals surface area contributed by atoms with E-state index >= 15 is 0 Å². The summed E-state index contributed by atoms with van der Waals surface area (Å²) in [4.78, 5) is 13.6. The molecule has 0 saturated carbocycles. The lowest BCUT2D eigenvalue weighted by Gasteiger charge is -2.14. The quantitative estimate of drug-likeness (QED) is 0.236. The van der Waals surface area contributed by atoms with E-state index in [1.54, 1.807) is 53.4 Å². The topological polar surface area (TPSA) is 151 Å². The third-order valence-electron chi connectivity index (χ3n) is 4.35. The Bertz CT molecular complexity index is 902. The number of benzene rings is 2. The smallest absolute Gasteiger partial charge is 0.414 e. The van der Waals surface area contributed by atoms with E-state index in [0.717, 1.165) is 5.56 Å². The number of nitrogens with zero attached hydrogens (tertiary/aromatic N) is 1. The third-order valence-corrected chi connectivity index (χ3v) is 4.35. The number of hydrogen-bond donors (Lipinski definition) is 6. The van der Waals surface area contributed by atoms with Gasteiger partial charge in [0.25, 0.3) is 0 Å². The zero-order chi connectivity index (χ0) is 20.8. The van der Waals surface area contributed by atoms with Gasteiger partial charge in [0.15, 0.2) is 0 Å². The molecule has 2 aromatic carbocycles. The molecule has 10 nitrogen and oxygen atoms in total. The summed E-state index contributed by atoms with van der Waals surface area (Å²) in [5.74, 6) is -0.246. The van der Waals surface area contributed by atoms with Crippen LogP contribution in [0.5, 0.6) is 0 Å². The van der Waals surface area contributed by atoms with Crippen molar-refractivity contribution in [1.29, 1.82) is 10.8 Å². The minimum atomic E-state index is -0.480. The van der Waals surface area contributed by atoms with Gasteiger partial charge in [-0.05, 0) is 35.9 Å². The molecule has 1 amide bonds. The minimum Gasteiger partial charge on any atom is -0.441 e. The van der Waals surface area contributed by atoms with Crippen molar-refractivity contribution in [3.05, 3.63) is 65.2 Å². The van der Waals surface area contributed by atoms with Crippen molar-refractivity contribution < 1.29 is 24.7 Å². The first-order valence-corrected chi connectivity index (χ1v) is 8.74. The molecule has 0 aromatic heterocycles. The van der Waals surface area contributed by atoms with Gasteiger partial charge in [-0.1, -0.05) is 18.2 Å². The number of anilines is 1. The fraction of sp³-hybridized carbons (Fsp3) is 0.211. The molecule has 0 spiro atoms. The molecule has 0 radical (unpaired) electrons. The first-order valence-electron chi connectivity index (χ1n) is 8.74. The van der Waals surface area contributed by atoms with Gasteiger partial charge in [-0.25, -0.2) is 4.79 Å². The lowest BCUT2D eigenvalue weighted by molar-refractivity contribution is 0.0381. The van der Waals surface area contributed by atoms with Gasteiger partial charge in [0.05, 0.1) is 19.8 Å². The van der Waals surface area contributed by atoms with Crippen LogP contribution in [-0.4, -0.2) is 47.4 Å². The van der Waals surface area contributed by atoms with Crippen molar-refractivity contribution >= 4 is 23.5 Å². The SMILES string of the molecule is N=C(NO)c1ccc(N2CC(COCc3cccc(C(=N)NO)c3)OC2=O)cc1. The summed E-state index contributed by atoms with van der Waals surface area (Å²) in [5, 5.41) is 32.7. The predicted octanol–water partition coefficient (Wildman–Crippen LogP) is 1.84. The number of amidine groups is 2. The van der Waals surface area contributed by atoms with Gasteiger partial charge in [-0.15, -0.1) is 0 Å². The Kier molecular flexibility index (Phi) is 6.39. The summed E-state index contributed by atoms with van der Waals surface area (Å²) < 4.78 is 11.0. The van der Waals surface area contributed by atoms with Crippen molar-refractivity contribution in [3.8, 4) is 0 Å². The second kappa shape index (κ2) is 9.15. The number of rotatable bonds is 7. The van der Waals surface area contributed by atoms with Gasteiger partial charge in [0.2, 0.25) is 0 Å². The lowest BCUT2D eigenvalue weighted by atomic mass is 10.1. The summed E-state index contributed by atoms with van der Waals surface area (Å²) in [6.07, 6.45) is -0.911. The molecule has 1 unspecified atom stereocenters. The number of amides is 1. The number of ether oxygens (including phenoxy) is 2. The number of carbonyl (C=O) groups excluding carboxylic acids is 1. The molecule has 0 bridgehead atoms.